The van der Waals surface area contributed by atoms with E-state index in [9.17, 15) is 0 Å². The number of rotatable bonds is 0. The molecule has 35 valence electrons. The quantitative estimate of drug-likeness (QED) is 0.441. The van der Waals surface area contributed by atoms with Gasteiger partial charge < -0.3 is 0 Å². The van der Waals surface area contributed by atoms with Crippen LogP contribution in [0, 0.1) is 0 Å². The van der Waals surface area contributed by atoms with Crippen molar-refractivity contribution in [2.75, 3.05) is 0 Å². The van der Waals surface area contributed by atoms with Gasteiger partial charge in [0.1, 0.15) is 0 Å². The van der Waals surface area contributed by atoms with Gasteiger partial charge in [0.25, 0.3) is 0 Å². The third-order valence-corrected chi connectivity index (χ3v) is 0. The van der Waals surface area contributed by atoms with Crippen molar-refractivity contribution in [3.8, 4) is 0 Å². The predicted octanol–water partition coefficient (Wildman–Crippen LogP) is -1.03. The Hall–Kier alpha value is 3.22. The van der Waals surface area contributed by atoms with E-state index in [0.717, 1.165) is 0 Å². The second kappa shape index (κ2) is 24.1. The molecular formula is H2CuGeSSeSnZn. The van der Waals surface area contributed by atoms with Crippen LogP contribution in [0.3, 0.4) is 0 Å². The Labute approximate surface area is 94.0 Å². The SMILES string of the molecule is [Cu].[S]=[Ge]=[Se].[SnH2].[Zn]. The van der Waals surface area contributed by atoms with Gasteiger partial charge in [-0.15, -0.1) is 0 Å². The predicted molar refractivity (Wildman–Crippen MR) is 27.6 cm³/mol. The first kappa shape index (κ1) is 22.9. The molecule has 0 saturated heterocycles. The van der Waals surface area contributed by atoms with Crippen LogP contribution in [-0.2, 0) is 36.5 Å². The fourth-order valence-corrected chi connectivity index (χ4v) is 0. The smallest absolute Gasteiger partial charge is 0 e. The molecule has 0 spiro atoms. The van der Waals surface area contributed by atoms with Crippen molar-refractivity contribution >= 4 is 59.3 Å². The van der Waals surface area contributed by atoms with E-state index in [0.29, 0.717) is 0 Å². The maximum Gasteiger partial charge on any atom is 0 e. The van der Waals surface area contributed by atoms with Crippen LogP contribution < -0.4 is 0 Å². The van der Waals surface area contributed by atoms with Gasteiger partial charge in [0, 0.05) is 36.5 Å². The molecule has 0 aliphatic heterocycles. The molecule has 0 amide bonds. The molecule has 0 unspecified atom stereocenters. The van der Waals surface area contributed by atoms with Gasteiger partial charge in [0.15, 0.2) is 0 Å². The number of hydrogen-bond acceptors (Lipinski definition) is 1. The van der Waals surface area contributed by atoms with Crippen LogP contribution in [0.25, 0.3) is 0 Å². The molecular weight excluding hydrogens is 431 g/mol. The molecule has 0 atom stereocenters. The minimum absolute atomic E-state index is 0. The molecule has 0 aliphatic rings. The van der Waals surface area contributed by atoms with E-state index in [2.05, 4.69) is 24.0 Å². The molecule has 0 rings (SSSR count). The van der Waals surface area contributed by atoms with Crippen LogP contribution in [0.5, 0.6) is 0 Å². The summed E-state index contributed by atoms with van der Waals surface area (Å²) >= 11 is 2.70. The summed E-state index contributed by atoms with van der Waals surface area (Å²) in [5, 5.41) is 0. The van der Waals surface area contributed by atoms with E-state index in [-0.39, 0.29) is 71.8 Å². The molecule has 0 aromatic heterocycles. The normalized spacial score (nSPS) is 1.33. The first-order valence-corrected chi connectivity index (χ1v) is 8.69. The van der Waals surface area contributed by atoms with Crippen molar-refractivity contribution in [1.29, 1.82) is 0 Å². The van der Waals surface area contributed by atoms with Gasteiger partial charge in [-0.2, -0.15) is 0 Å². The molecule has 0 aromatic carbocycles. The summed E-state index contributed by atoms with van der Waals surface area (Å²) < 4.78 is 0. The molecule has 6 heteroatoms. The van der Waals surface area contributed by atoms with Gasteiger partial charge in [-0.05, 0) is 0 Å². The summed E-state index contributed by atoms with van der Waals surface area (Å²) in [6, 6.07) is 0. The van der Waals surface area contributed by atoms with Crippen LogP contribution in [0.4, 0.5) is 0 Å². The number of hydrogen-bond donors (Lipinski definition) is 0. The summed E-state index contributed by atoms with van der Waals surface area (Å²) in [6.45, 7) is 0. The maximum absolute atomic E-state index is 4.46. The van der Waals surface area contributed by atoms with E-state index in [1.165, 1.54) is 0 Å². The summed E-state index contributed by atoms with van der Waals surface area (Å²) in [5.74, 6) is 0. The third kappa shape index (κ3) is 26.9. The summed E-state index contributed by atoms with van der Waals surface area (Å²) in [6.07, 6.45) is 0. The van der Waals surface area contributed by atoms with E-state index < -0.39 is 0 Å². The minimum Gasteiger partial charge on any atom is 0 e. The first-order chi connectivity index (χ1) is 1.41. The van der Waals surface area contributed by atoms with Crippen LogP contribution >= 0.6 is 10.5 Å². The molecule has 0 saturated carbocycles. The molecule has 0 N–H and O–H groups in total. The molecule has 0 aliphatic carbocycles. The summed E-state index contributed by atoms with van der Waals surface area (Å²) in [5.41, 5.74) is 0. The Morgan fingerprint density at radius 1 is 1.50 bits per heavy atom. The van der Waals surface area contributed by atoms with Gasteiger partial charge in [-0.3, -0.25) is 0 Å². The van der Waals surface area contributed by atoms with Crippen molar-refractivity contribution in [3.63, 3.8) is 0 Å². The van der Waals surface area contributed by atoms with Crippen LogP contribution in [0.2, 0.25) is 0 Å². The van der Waals surface area contributed by atoms with E-state index in [1.54, 1.807) is 0 Å². The first-order valence-electron chi connectivity index (χ1n) is 0.408. The second-order valence-corrected chi connectivity index (χ2v) is 6.75. The van der Waals surface area contributed by atoms with E-state index >= 15 is 0 Å². The Morgan fingerprint density at radius 2 is 1.50 bits per heavy atom. The standard InChI is InChI=1S/Cu.GeSSe.Sn.Zn.2H/c;2-1-3;;;;. The Morgan fingerprint density at radius 3 is 1.50 bits per heavy atom. The molecule has 0 aromatic rings. The topological polar surface area (TPSA) is 0 Å². The fraction of sp³-hybridized carbons (Fsp3) is 0. The third-order valence-electron chi connectivity index (χ3n) is 0. The molecule has 0 fully saturated rings. The van der Waals surface area contributed by atoms with Gasteiger partial charge in [0.05, 0.1) is 0 Å². The van der Waals surface area contributed by atoms with Crippen molar-refractivity contribution < 1.29 is 36.5 Å². The van der Waals surface area contributed by atoms with Crippen molar-refractivity contribution in [1.82, 2.24) is 0 Å². The van der Waals surface area contributed by atoms with Crippen molar-refractivity contribution in [3.05, 3.63) is 0 Å². The monoisotopic (exact) mass is 435 g/mol. The Bertz CT molecular complexity index is 36.5. The van der Waals surface area contributed by atoms with Crippen molar-refractivity contribution in [2.24, 2.45) is 0 Å². The minimum atomic E-state index is -0.0417. The molecule has 3 radical (unpaired) electrons. The second-order valence-electron chi connectivity index (χ2n) is 0.0833. The molecule has 0 nitrogen and oxygen atoms in total. The average molecular weight is 433 g/mol. The van der Waals surface area contributed by atoms with Crippen LogP contribution in [0.15, 0.2) is 0 Å². The van der Waals surface area contributed by atoms with E-state index in [1.807, 2.05) is 0 Å². The van der Waals surface area contributed by atoms with E-state index in [4.69, 9.17) is 0 Å². The fourth-order valence-electron chi connectivity index (χ4n) is 0. The zero-order valence-electron chi connectivity index (χ0n) is 3.03. The van der Waals surface area contributed by atoms with Crippen LogP contribution in [0.1, 0.15) is 0 Å². The molecule has 0 heterocycles. The van der Waals surface area contributed by atoms with Gasteiger partial charge >= 0.3 is 59.3 Å². The summed E-state index contributed by atoms with van der Waals surface area (Å²) in [4.78, 5) is 0. The Balaban J connectivity index is -0.00000000667. The van der Waals surface area contributed by atoms with Gasteiger partial charge in [-0.25, -0.2) is 0 Å². The zero-order valence-corrected chi connectivity index (χ0v) is 15.6. The zero-order chi connectivity index (χ0) is 2.71. The van der Waals surface area contributed by atoms with Crippen LogP contribution in [-0.4, -0.2) is 48.8 Å². The van der Waals surface area contributed by atoms with Gasteiger partial charge in [0.2, 0.25) is 0 Å². The average Bonchev–Trinajstić information content (AvgIpc) is 0.918. The largest absolute Gasteiger partial charge is 0 e. The van der Waals surface area contributed by atoms with Gasteiger partial charge in [-0.1, -0.05) is 0 Å². The maximum atomic E-state index is 4.46. The Kier molecular flexibility index (Phi) is 91.6. The molecule has 6 heavy (non-hydrogen) atoms. The molecule has 0 bridgehead atoms. The summed E-state index contributed by atoms with van der Waals surface area (Å²) in [7, 11) is 4.46. The van der Waals surface area contributed by atoms with Crippen molar-refractivity contribution in [2.45, 2.75) is 0 Å².